The summed E-state index contributed by atoms with van der Waals surface area (Å²) in [5, 5.41) is 10.8. The van der Waals surface area contributed by atoms with E-state index in [-0.39, 0.29) is 12.4 Å². The molecular formula is C9H19ClN2O2. The van der Waals surface area contributed by atoms with Gasteiger partial charge in [0.05, 0.1) is 0 Å². The van der Waals surface area contributed by atoms with Gasteiger partial charge in [-0.05, 0) is 44.1 Å². The molecule has 1 amide bonds. The van der Waals surface area contributed by atoms with Crippen LogP contribution in [0.4, 0.5) is 4.79 Å². The van der Waals surface area contributed by atoms with Gasteiger partial charge in [0.25, 0.3) is 0 Å². The SMILES string of the molecule is Cl.NC[C@H]1CC[C@H](CNC(=O)O)CC1. The Morgan fingerprint density at radius 1 is 1.29 bits per heavy atom. The van der Waals surface area contributed by atoms with Gasteiger partial charge in [-0.2, -0.15) is 0 Å². The van der Waals surface area contributed by atoms with Crippen molar-refractivity contribution < 1.29 is 9.90 Å². The summed E-state index contributed by atoms with van der Waals surface area (Å²) in [6.45, 7) is 1.38. The highest BCUT2D eigenvalue weighted by atomic mass is 35.5. The molecule has 0 atom stereocenters. The highest BCUT2D eigenvalue weighted by Crippen LogP contribution is 2.27. The van der Waals surface area contributed by atoms with Crippen molar-refractivity contribution in [3.63, 3.8) is 0 Å². The zero-order chi connectivity index (χ0) is 9.68. The molecule has 1 aliphatic rings. The van der Waals surface area contributed by atoms with E-state index in [2.05, 4.69) is 5.32 Å². The maximum atomic E-state index is 10.2. The minimum Gasteiger partial charge on any atom is -0.465 e. The molecule has 0 unspecified atom stereocenters. The first kappa shape index (κ1) is 13.5. The van der Waals surface area contributed by atoms with Crippen LogP contribution in [0.15, 0.2) is 0 Å². The number of carbonyl (C=O) groups is 1. The summed E-state index contributed by atoms with van der Waals surface area (Å²) >= 11 is 0. The van der Waals surface area contributed by atoms with E-state index in [1.54, 1.807) is 0 Å². The van der Waals surface area contributed by atoms with Crippen LogP contribution in [-0.4, -0.2) is 24.3 Å². The molecule has 0 aromatic carbocycles. The van der Waals surface area contributed by atoms with E-state index in [4.69, 9.17) is 10.8 Å². The molecule has 0 spiro atoms. The van der Waals surface area contributed by atoms with Gasteiger partial charge in [0, 0.05) is 6.54 Å². The molecule has 1 rings (SSSR count). The van der Waals surface area contributed by atoms with E-state index in [0.29, 0.717) is 18.4 Å². The minimum absolute atomic E-state index is 0. The van der Waals surface area contributed by atoms with Gasteiger partial charge in [-0.15, -0.1) is 12.4 Å². The third kappa shape index (κ3) is 4.67. The van der Waals surface area contributed by atoms with Crippen LogP contribution in [0.3, 0.4) is 0 Å². The van der Waals surface area contributed by atoms with E-state index in [0.717, 1.165) is 32.2 Å². The fourth-order valence-corrected chi connectivity index (χ4v) is 1.90. The summed E-state index contributed by atoms with van der Waals surface area (Å²) in [6, 6.07) is 0. The molecule has 0 heterocycles. The van der Waals surface area contributed by atoms with E-state index in [1.165, 1.54) is 0 Å². The number of hydrogen-bond acceptors (Lipinski definition) is 2. The molecule has 5 heteroatoms. The van der Waals surface area contributed by atoms with Gasteiger partial charge in [0.2, 0.25) is 0 Å². The average molecular weight is 223 g/mol. The minimum atomic E-state index is -0.916. The molecule has 14 heavy (non-hydrogen) atoms. The van der Waals surface area contributed by atoms with Crippen LogP contribution in [-0.2, 0) is 0 Å². The quantitative estimate of drug-likeness (QED) is 0.677. The summed E-state index contributed by atoms with van der Waals surface area (Å²) in [5.41, 5.74) is 5.56. The Kier molecular flexibility index (Phi) is 6.66. The average Bonchev–Trinajstić information content (AvgIpc) is 2.15. The predicted octanol–water partition coefficient (Wildman–Crippen LogP) is 1.44. The molecule has 4 N–H and O–H groups in total. The third-order valence-electron chi connectivity index (χ3n) is 2.84. The molecule has 0 aliphatic heterocycles. The Hall–Kier alpha value is -0.480. The maximum absolute atomic E-state index is 10.2. The van der Waals surface area contributed by atoms with Gasteiger partial charge < -0.3 is 16.2 Å². The van der Waals surface area contributed by atoms with E-state index < -0.39 is 6.09 Å². The second-order valence-electron chi connectivity index (χ2n) is 3.81. The molecule has 1 aliphatic carbocycles. The molecular weight excluding hydrogens is 204 g/mol. The fraction of sp³-hybridized carbons (Fsp3) is 0.889. The van der Waals surface area contributed by atoms with Gasteiger partial charge in [0.15, 0.2) is 0 Å². The van der Waals surface area contributed by atoms with Crippen LogP contribution < -0.4 is 11.1 Å². The summed E-state index contributed by atoms with van der Waals surface area (Å²) < 4.78 is 0. The Balaban J connectivity index is 0.00000169. The molecule has 0 aromatic rings. The number of hydrogen-bond donors (Lipinski definition) is 3. The van der Waals surface area contributed by atoms with Gasteiger partial charge in [-0.1, -0.05) is 0 Å². The largest absolute Gasteiger partial charge is 0.465 e. The lowest BCUT2D eigenvalue weighted by Crippen LogP contribution is -2.31. The highest BCUT2D eigenvalue weighted by molar-refractivity contribution is 5.85. The lowest BCUT2D eigenvalue weighted by atomic mass is 9.82. The summed E-state index contributed by atoms with van der Waals surface area (Å²) in [4.78, 5) is 10.2. The van der Waals surface area contributed by atoms with Crippen LogP contribution in [0.1, 0.15) is 25.7 Å². The van der Waals surface area contributed by atoms with Crippen LogP contribution in [0.5, 0.6) is 0 Å². The molecule has 4 nitrogen and oxygen atoms in total. The van der Waals surface area contributed by atoms with Gasteiger partial charge in [0.1, 0.15) is 0 Å². The smallest absolute Gasteiger partial charge is 0.404 e. The standard InChI is InChI=1S/C9H18N2O2.ClH/c10-5-7-1-3-8(4-2-7)6-11-9(12)13;/h7-8,11H,1-6,10H2,(H,12,13);1H/t7-,8-;. The molecule has 0 saturated heterocycles. The second kappa shape index (κ2) is 6.90. The topological polar surface area (TPSA) is 75.3 Å². The number of nitrogens with one attached hydrogen (secondary N) is 1. The Morgan fingerprint density at radius 3 is 2.21 bits per heavy atom. The molecule has 84 valence electrons. The number of rotatable bonds is 3. The Bertz CT molecular complexity index is 170. The van der Waals surface area contributed by atoms with Crippen molar-refractivity contribution in [3.05, 3.63) is 0 Å². The van der Waals surface area contributed by atoms with Gasteiger partial charge in [-0.3, -0.25) is 0 Å². The Morgan fingerprint density at radius 2 is 1.79 bits per heavy atom. The molecule has 0 radical (unpaired) electrons. The van der Waals surface area contributed by atoms with Crippen LogP contribution in [0, 0.1) is 11.8 Å². The third-order valence-corrected chi connectivity index (χ3v) is 2.84. The zero-order valence-electron chi connectivity index (χ0n) is 8.24. The normalized spacial score (nSPS) is 26.4. The molecule has 0 bridgehead atoms. The van der Waals surface area contributed by atoms with Crippen LogP contribution in [0.2, 0.25) is 0 Å². The summed E-state index contributed by atoms with van der Waals surface area (Å²) in [6.07, 6.45) is 3.62. The molecule has 1 fully saturated rings. The van der Waals surface area contributed by atoms with Crippen molar-refractivity contribution in [2.24, 2.45) is 17.6 Å². The lowest BCUT2D eigenvalue weighted by Gasteiger charge is -2.27. The van der Waals surface area contributed by atoms with E-state index in [1.807, 2.05) is 0 Å². The lowest BCUT2D eigenvalue weighted by molar-refractivity contribution is 0.188. The predicted molar refractivity (Wildman–Crippen MR) is 57.8 cm³/mol. The van der Waals surface area contributed by atoms with Crippen molar-refractivity contribution in [3.8, 4) is 0 Å². The monoisotopic (exact) mass is 222 g/mol. The van der Waals surface area contributed by atoms with Crippen LogP contribution in [0.25, 0.3) is 0 Å². The number of amides is 1. The van der Waals surface area contributed by atoms with E-state index >= 15 is 0 Å². The first-order valence-corrected chi connectivity index (χ1v) is 4.89. The van der Waals surface area contributed by atoms with Crippen molar-refractivity contribution in [1.82, 2.24) is 5.32 Å². The van der Waals surface area contributed by atoms with Crippen molar-refractivity contribution in [1.29, 1.82) is 0 Å². The fourth-order valence-electron chi connectivity index (χ4n) is 1.90. The highest BCUT2D eigenvalue weighted by Gasteiger charge is 2.20. The number of carboxylic acid groups (broad SMARTS) is 1. The summed E-state index contributed by atoms with van der Waals surface area (Å²) in [5.74, 6) is 1.19. The molecule has 0 aromatic heterocycles. The first-order chi connectivity index (χ1) is 6.22. The van der Waals surface area contributed by atoms with Crippen molar-refractivity contribution >= 4 is 18.5 Å². The molecule has 1 saturated carbocycles. The van der Waals surface area contributed by atoms with E-state index in [9.17, 15) is 4.79 Å². The van der Waals surface area contributed by atoms with Crippen molar-refractivity contribution in [2.75, 3.05) is 13.1 Å². The first-order valence-electron chi connectivity index (χ1n) is 4.89. The second-order valence-corrected chi connectivity index (χ2v) is 3.81. The maximum Gasteiger partial charge on any atom is 0.404 e. The number of nitrogens with two attached hydrogens (primary N) is 1. The van der Waals surface area contributed by atoms with Crippen molar-refractivity contribution in [2.45, 2.75) is 25.7 Å². The Labute approximate surface area is 90.7 Å². The number of halogens is 1. The van der Waals surface area contributed by atoms with Gasteiger partial charge >= 0.3 is 6.09 Å². The van der Waals surface area contributed by atoms with Gasteiger partial charge in [-0.25, -0.2) is 4.79 Å². The van der Waals surface area contributed by atoms with Crippen LogP contribution >= 0.6 is 12.4 Å². The summed E-state index contributed by atoms with van der Waals surface area (Å²) in [7, 11) is 0. The zero-order valence-corrected chi connectivity index (χ0v) is 9.05.